The first-order valence-corrected chi connectivity index (χ1v) is 8.30. The quantitative estimate of drug-likeness (QED) is 0.793. The molecule has 3 N–H and O–H groups in total. The molecule has 1 amide bonds. The Morgan fingerprint density at radius 1 is 1.50 bits per heavy atom. The van der Waals surface area contributed by atoms with E-state index in [2.05, 4.69) is 21.2 Å². The van der Waals surface area contributed by atoms with E-state index in [1.54, 1.807) is 6.92 Å². The van der Waals surface area contributed by atoms with E-state index in [-0.39, 0.29) is 16.5 Å². The molecule has 0 saturated heterocycles. The minimum atomic E-state index is -3.84. The van der Waals surface area contributed by atoms with E-state index in [1.807, 2.05) is 6.92 Å². The van der Waals surface area contributed by atoms with Crippen LogP contribution in [-0.4, -0.2) is 33.6 Å². The van der Waals surface area contributed by atoms with Crippen molar-refractivity contribution in [3.8, 4) is 0 Å². The van der Waals surface area contributed by atoms with E-state index < -0.39 is 15.9 Å². The number of nitrogens with two attached hydrogens (primary N) is 1. The van der Waals surface area contributed by atoms with Crippen LogP contribution in [0.3, 0.4) is 0 Å². The van der Waals surface area contributed by atoms with E-state index in [9.17, 15) is 13.2 Å². The van der Waals surface area contributed by atoms with Gasteiger partial charge in [-0.05, 0) is 48.0 Å². The summed E-state index contributed by atoms with van der Waals surface area (Å²) < 4.78 is 28.3. The van der Waals surface area contributed by atoms with Crippen molar-refractivity contribution in [3.05, 3.63) is 28.2 Å². The van der Waals surface area contributed by atoms with Gasteiger partial charge in [0.1, 0.15) is 0 Å². The summed E-state index contributed by atoms with van der Waals surface area (Å²) in [7, 11) is -3.84. The molecule has 1 rings (SSSR count). The predicted octanol–water partition coefficient (Wildman–Crippen LogP) is 1.25. The minimum absolute atomic E-state index is 0.108. The molecule has 1 unspecified atom stereocenters. The first-order valence-electron chi connectivity index (χ1n) is 5.96. The zero-order valence-corrected chi connectivity index (χ0v) is 13.6. The SMILES string of the molecule is CCOCC(C)NC(=O)c1cc(S(N)(=O)=O)ccc1Br. The molecule has 1 aromatic carbocycles. The summed E-state index contributed by atoms with van der Waals surface area (Å²) in [6, 6.07) is 3.86. The van der Waals surface area contributed by atoms with Gasteiger partial charge >= 0.3 is 0 Å². The van der Waals surface area contributed by atoms with E-state index in [4.69, 9.17) is 9.88 Å². The summed E-state index contributed by atoms with van der Waals surface area (Å²) in [5.41, 5.74) is 0.208. The number of rotatable bonds is 6. The Balaban J connectivity index is 2.93. The van der Waals surface area contributed by atoms with Crippen molar-refractivity contribution in [2.24, 2.45) is 5.14 Å². The lowest BCUT2D eigenvalue weighted by Crippen LogP contribution is -2.36. The zero-order chi connectivity index (χ0) is 15.3. The summed E-state index contributed by atoms with van der Waals surface area (Å²) in [6.45, 7) is 4.60. The molecular formula is C12H17BrN2O4S. The van der Waals surface area contributed by atoms with Crippen LogP contribution in [0.1, 0.15) is 24.2 Å². The van der Waals surface area contributed by atoms with Crippen molar-refractivity contribution in [1.82, 2.24) is 5.32 Å². The minimum Gasteiger partial charge on any atom is -0.380 e. The number of ether oxygens (including phenoxy) is 1. The zero-order valence-electron chi connectivity index (χ0n) is 11.2. The number of primary sulfonamides is 1. The molecule has 0 spiro atoms. The fourth-order valence-corrected chi connectivity index (χ4v) is 2.46. The Morgan fingerprint density at radius 2 is 2.15 bits per heavy atom. The monoisotopic (exact) mass is 364 g/mol. The first kappa shape index (κ1) is 17.1. The highest BCUT2D eigenvalue weighted by atomic mass is 79.9. The van der Waals surface area contributed by atoms with E-state index >= 15 is 0 Å². The molecule has 0 aliphatic heterocycles. The summed E-state index contributed by atoms with van der Waals surface area (Å²) in [5.74, 6) is -0.394. The van der Waals surface area contributed by atoms with Crippen LogP contribution in [0.2, 0.25) is 0 Å². The van der Waals surface area contributed by atoms with Gasteiger partial charge < -0.3 is 10.1 Å². The van der Waals surface area contributed by atoms with E-state index in [0.717, 1.165) is 0 Å². The third-order valence-corrected chi connectivity index (χ3v) is 4.06. The summed E-state index contributed by atoms with van der Waals surface area (Å²) >= 11 is 3.21. The van der Waals surface area contributed by atoms with Crippen molar-refractivity contribution < 1.29 is 17.9 Å². The number of nitrogens with one attached hydrogen (secondary N) is 1. The Bertz CT molecular complexity index is 589. The van der Waals surface area contributed by atoms with Gasteiger partial charge in [-0.1, -0.05) is 0 Å². The number of sulfonamides is 1. The lowest BCUT2D eigenvalue weighted by atomic mass is 10.2. The maximum absolute atomic E-state index is 12.1. The first-order chi connectivity index (χ1) is 9.25. The lowest BCUT2D eigenvalue weighted by Gasteiger charge is -2.14. The van der Waals surface area contributed by atoms with Crippen molar-refractivity contribution in [2.75, 3.05) is 13.2 Å². The van der Waals surface area contributed by atoms with Crippen LogP contribution >= 0.6 is 15.9 Å². The van der Waals surface area contributed by atoms with Gasteiger partial charge in [0.05, 0.1) is 17.1 Å². The smallest absolute Gasteiger partial charge is 0.252 e. The van der Waals surface area contributed by atoms with E-state index in [0.29, 0.717) is 17.7 Å². The van der Waals surface area contributed by atoms with Crippen molar-refractivity contribution in [2.45, 2.75) is 24.8 Å². The lowest BCUT2D eigenvalue weighted by molar-refractivity contribution is 0.0871. The highest BCUT2D eigenvalue weighted by molar-refractivity contribution is 9.10. The van der Waals surface area contributed by atoms with Crippen LogP contribution < -0.4 is 10.5 Å². The molecule has 8 heteroatoms. The molecule has 0 fully saturated rings. The molecular weight excluding hydrogens is 348 g/mol. The van der Waals surface area contributed by atoms with Gasteiger partial charge in [0.2, 0.25) is 10.0 Å². The number of hydrogen-bond acceptors (Lipinski definition) is 4. The number of benzene rings is 1. The molecule has 0 bridgehead atoms. The Kier molecular flexibility index (Phi) is 6.12. The number of halogens is 1. The van der Waals surface area contributed by atoms with Gasteiger partial charge in [-0.2, -0.15) is 0 Å². The van der Waals surface area contributed by atoms with Crippen molar-refractivity contribution >= 4 is 31.9 Å². The molecule has 20 heavy (non-hydrogen) atoms. The maximum atomic E-state index is 12.1. The Morgan fingerprint density at radius 3 is 2.70 bits per heavy atom. The van der Waals surface area contributed by atoms with Crippen molar-refractivity contribution in [3.63, 3.8) is 0 Å². The van der Waals surface area contributed by atoms with E-state index in [1.165, 1.54) is 18.2 Å². The highest BCUT2D eigenvalue weighted by Crippen LogP contribution is 2.20. The van der Waals surface area contributed by atoms with Gasteiger partial charge in [0, 0.05) is 17.1 Å². The van der Waals surface area contributed by atoms with Crippen LogP contribution in [-0.2, 0) is 14.8 Å². The molecule has 0 heterocycles. The summed E-state index contributed by atoms with van der Waals surface area (Å²) in [4.78, 5) is 12.0. The van der Waals surface area contributed by atoms with Crippen LogP contribution in [0, 0.1) is 0 Å². The molecule has 0 aliphatic carbocycles. The molecule has 0 aromatic heterocycles. The van der Waals surface area contributed by atoms with Crippen molar-refractivity contribution in [1.29, 1.82) is 0 Å². The second-order valence-electron chi connectivity index (χ2n) is 4.22. The second-order valence-corrected chi connectivity index (χ2v) is 6.64. The van der Waals surface area contributed by atoms with Gasteiger partial charge in [0.25, 0.3) is 5.91 Å². The van der Waals surface area contributed by atoms with Gasteiger partial charge in [0.15, 0.2) is 0 Å². The molecule has 0 radical (unpaired) electrons. The normalized spacial score (nSPS) is 13.0. The van der Waals surface area contributed by atoms with Crippen LogP contribution in [0.15, 0.2) is 27.6 Å². The molecule has 6 nitrogen and oxygen atoms in total. The second kappa shape index (κ2) is 7.16. The van der Waals surface area contributed by atoms with Crippen LogP contribution in [0.25, 0.3) is 0 Å². The van der Waals surface area contributed by atoms with Gasteiger partial charge in [-0.15, -0.1) is 0 Å². The predicted molar refractivity (Wildman–Crippen MR) is 78.9 cm³/mol. The van der Waals surface area contributed by atoms with Gasteiger partial charge in [-0.3, -0.25) is 4.79 Å². The number of carbonyl (C=O) groups excluding carboxylic acids is 1. The molecule has 1 aromatic rings. The number of hydrogen-bond donors (Lipinski definition) is 2. The van der Waals surface area contributed by atoms with Gasteiger partial charge in [-0.25, -0.2) is 13.6 Å². The highest BCUT2D eigenvalue weighted by Gasteiger charge is 2.17. The third kappa shape index (κ3) is 4.86. The summed E-state index contributed by atoms with van der Waals surface area (Å²) in [5, 5.41) is 7.77. The van der Waals surface area contributed by atoms with Crippen LogP contribution in [0.5, 0.6) is 0 Å². The largest absolute Gasteiger partial charge is 0.380 e. The fourth-order valence-electron chi connectivity index (χ4n) is 1.49. The average molecular weight is 365 g/mol. The Hall–Kier alpha value is -0.960. The Labute approximate surface area is 126 Å². The summed E-state index contributed by atoms with van der Waals surface area (Å²) in [6.07, 6.45) is 0. The maximum Gasteiger partial charge on any atom is 0.252 e. The molecule has 0 saturated carbocycles. The van der Waals surface area contributed by atoms with Crippen LogP contribution in [0.4, 0.5) is 0 Å². The molecule has 1 atom stereocenters. The average Bonchev–Trinajstić information content (AvgIpc) is 2.35. The topological polar surface area (TPSA) is 98.5 Å². The molecule has 0 aliphatic rings. The fraction of sp³-hybridized carbons (Fsp3) is 0.417. The number of carbonyl (C=O) groups is 1. The third-order valence-electron chi connectivity index (χ3n) is 2.46. The number of amides is 1. The standard InChI is InChI=1S/C12H17BrN2O4S/c1-3-19-7-8(2)15-12(16)10-6-9(20(14,17)18)4-5-11(10)13/h4-6,8H,3,7H2,1-2H3,(H,15,16)(H2,14,17,18). The molecule has 112 valence electrons.